The molecule has 2 N–H and O–H groups in total. The number of carbonyl (C=O) groups is 1. The van der Waals surface area contributed by atoms with Gasteiger partial charge in [-0.2, -0.15) is 0 Å². The molecule has 0 bridgehead atoms. The second-order valence-corrected chi connectivity index (χ2v) is 9.17. The summed E-state index contributed by atoms with van der Waals surface area (Å²) in [6.07, 6.45) is 2.39. The smallest absolute Gasteiger partial charge is 0.240 e. The molecule has 0 radical (unpaired) electrons. The summed E-state index contributed by atoms with van der Waals surface area (Å²) in [6.45, 7) is 3.32. The maximum absolute atomic E-state index is 13.0. The Labute approximate surface area is 193 Å². The molecule has 1 aliphatic rings. The minimum Gasteiger partial charge on any atom is -0.333 e. The summed E-state index contributed by atoms with van der Waals surface area (Å²) in [7, 11) is 0. The van der Waals surface area contributed by atoms with Crippen LogP contribution in [0.3, 0.4) is 0 Å². The number of nitrogens with two attached hydrogens (primary N) is 1. The van der Waals surface area contributed by atoms with Crippen molar-refractivity contribution in [1.82, 2.24) is 4.90 Å². The first-order valence-corrected chi connectivity index (χ1v) is 11.3. The molecule has 0 saturated heterocycles. The van der Waals surface area contributed by atoms with Crippen LogP contribution in [-0.2, 0) is 37.1 Å². The Morgan fingerprint density at radius 3 is 2.35 bits per heavy atom. The lowest BCUT2D eigenvalue weighted by atomic mass is 10.00. The maximum atomic E-state index is 13.0. The molecule has 3 aromatic carbocycles. The van der Waals surface area contributed by atoms with E-state index < -0.39 is 6.04 Å². The monoisotopic (exact) mass is 452 g/mol. The molecule has 1 amide bonds. The topological polar surface area (TPSA) is 46.3 Å². The van der Waals surface area contributed by atoms with Gasteiger partial charge in [-0.3, -0.25) is 4.79 Å². The van der Waals surface area contributed by atoms with Crippen LogP contribution < -0.4 is 5.73 Å². The largest absolute Gasteiger partial charge is 0.333 e. The van der Waals surface area contributed by atoms with Gasteiger partial charge in [0.05, 0.1) is 6.04 Å². The van der Waals surface area contributed by atoms with Crippen molar-refractivity contribution < 1.29 is 4.79 Å². The van der Waals surface area contributed by atoms with Crippen LogP contribution in [-0.4, -0.2) is 16.8 Å². The molecule has 1 aliphatic heterocycles. The van der Waals surface area contributed by atoms with Gasteiger partial charge in [0.2, 0.25) is 5.91 Å². The van der Waals surface area contributed by atoms with E-state index in [2.05, 4.69) is 49.4 Å². The summed E-state index contributed by atoms with van der Waals surface area (Å²) in [5.74, 6) is -0.0524. The Kier molecular flexibility index (Phi) is 6.66. The summed E-state index contributed by atoms with van der Waals surface area (Å²) in [5.41, 5.74) is 13.4. The fourth-order valence-electron chi connectivity index (χ4n) is 4.05. The van der Waals surface area contributed by atoms with Crippen LogP contribution in [0, 0.1) is 6.92 Å². The molecule has 0 unspecified atom stereocenters. The van der Waals surface area contributed by atoms with E-state index in [4.69, 9.17) is 28.9 Å². The predicted molar refractivity (Wildman–Crippen MR) is 127 cm³/mol. The van der Waals surface area contributed by atoms with Gasteiger partial charge in [0.15, 0.2) is 0 Å². The van der Waals surface area contributed by atoms with Crippen molar-refractivity contribution in [2.45, 2.75) is 45.3 Å². The molecule has 0 saturated carbocycles. The highest BCUT2D eigenvalue weighted by Crippen LogP contribution is 2.26. The van der Waals surface area contributed by atoms with Crippen molar-refractivity contribution in [1.29, 1.82) is 0 Å². The second kappa shape index (κ2) is 9.44. The van der Waals surface area contributed by atoms with Gasteiger partial charge in [-0.05, 0) is 66.1 Å². The first-order chi connectivity index (χ1) is 14.9. The molecule has 0 aromatic heterocycles. The second-order valence-electron chi connectivity index (χ2n) is 8.33. The number of nitrogens with zero attached hydrogens (tertiary/aromatic N) is 1. The molecule has 4 rings (SSSR count). The van der Waals surface area contributed by atoms with E-state index >= 15 is 0 Å². The van der Waals surface area contributed by atoms with E-state index in [1.165, 1.54) is 27.8 Å². The number of fused-ring (bicyclic) bond motifs is 1. The van der Waals surface area contributed by atoms with E-state index in [1.807, 2.05) is 11.0 Å². The van der Waals surface area contributed by atoms with Crippen LogP contribution in [0.4, 0.5) is 0 Å². The predicted octanol–water partition coefficient (Wildman–Crippen LogP) is 5.50. The number of halogens is 2. The summed E-state index contributed by atoms with van der Waals surface area (Å²) >= 11 is 12.2. The van der Waals surface area contributed by atoms with Crippen molar-refractivity contribution in [3.63, 3.8) is 0 Å². The van der Waals surface area contributed by atoms with Crippen molar-refractivity contribution in [2.75, 3.05) is 0 Å². The van der Waals surface area contributed by atoms with Crippen molar-refractivity contribution >= 4 is 29.1 Å². The van der Waals surface area contributed by atoms with Gasteiger partial charge in [0, 0.05) is 23.1 Å². The third-order valence-electron chi connectivity index (χ3n) is 5.90. The maximum Gasteiger partial charge on any atom is 0.240 e. The molecule has 1 atom stereocenters. The van der Waals surface area contributed by atoms with Crippen molar-refractivity contribution in [3.05, 3.63) is 104 Å². The van der Waals surface area contributed by atoms with E-state index in [0.717, 1.165) is 18.4 Å². The van der Waals surface area contributed by atoms with Crippen LogP contribution in [0.5, 0.6) is 0 Å². The minimum absolute atomic E-state index is 0.0524. The Morgan fingerprint density at radius 1 is 0.935 bits per heavy atom. The molecular formula is C26H26Cl2N2O. The molecule has 31 heavy (non-hydrogen) atoms. The summed E-state index contributed by atoms with van der Waals surface area (Å²) in [6, 6.07) is 19.9. The highest BCUT2D eigenvalue weighted by atomic mass is 35.5. The third-order valence-corrected chi connectivity index (χ3v) is 6.49. The number of benzene rings is 3. The number of rotatable bonds is 6. The number of carbonyl (C=O) groups excluding carboxylic acids is 1. The Morgan fingerprint density at radius 2 is 1.61 bits per heavy atom. The van der Waals surface area contributed by atoms with Gasteiger partial charge < -0.3 is 10.6 Å². The molecule has 3 aromatic rings. The molecule has 0 spiro atoms. The van der Waals surface area contributed by atoms with Gasteiger partial charge in [0.1, 0.15) is 0 Å². The molecule has 3 nitrogen and oxygen atoms in total. The molecule has 160 valence electrons. The van der Waals surface area contributed by atoms with Crippen molar-refractivity contribution in [3.8, 4) is 0 Å². The van der Waals surface area contributed by atoms with Gasteiger partial charge in [-0.1, -0.05) is 77.3 Å². The van der Waals surface area contributed by atoms with Gasteiger partial charge in [-0.25, -0.2) is 0 Å². The minimum atomic E-state index is -0.631. The van der Waals surface area contributed by atoms with Crippen LogP contribution >= 0.6 is 23.2 Å². The number of hydrogen-bond donors (Lipinski definition) is 1. The van der Waals surface area contributed by atoms with Gasteiger partial charge in [0.25, 0.3) is 0 Å². The van der Waals surface area contributed by atoms with Crippen LogP contribution in [0.25, 0.3) is 0 Å². The third kappa shape index (κ3) is 5.30. The first-order valence-electron chi connectivity index (χ1n) is 10.5. The van der Waals surface area contributed by atoms with E-state index in [0.29, 0.717) is 29.6 Å². The zero-order valence-electron chi connectivity index (χ0n) is 17.6. The summed E-state index contributed by atoms with van der Waals surface area (Å²) in [5, 5.41) is 1.11. The highest BCUT2D eigenvalue weighted by molar-refractivity contribution is 6.35. The number of aryl methyl sites for hydroxylation is 3. The molecule has 0 fully saturated rings. The molecule has 1 heterocycles. The number of amides is 1. The quantitative estimate of drug-likeness (QED) is 0.536. The van der Waals surface area contributed by atoms with E-state index in [1.54, 1.807) is 12.1 Å². The fraction of sp³-hybridized carbons (Fsp3) is 0.269. The van der Waals surface area contributed by atoms with E-state index in [-0.39, 0.29) is 5.91 Å². The molecular weight excluding hydrogens is 427 g/mol. The van der Waals surface area contributed by atoms with Gasteiger partial charge >= 0.3 is 0 Å². The Hall–Kier alpha value is -2.33. The molecule has 0 aliphatic carbocycles. The fourth-order valence-corrected chi connectivity index (χ4v) is 4.53. The van der Waals surface area contributed by atoms with Crippen LogP contribution in [0.15, 0.2) is 60.7 Å². The van der Waals surface area contributed by atoms with Crippen LogP contribution in [0.1, 0.15) is 33.4 Å². The van der Waals surface area contributed by atoms with Crippen LogP contribution in [0.2, 0.25) is 10.0 Å². The highest BCUT2D eigenvalue weighted by Gasteiger charge is 2.27. The van der Waals surface area contributed by atoms with E-state index in [9.17, 15) is 4.79 Å². The Bertz CT molecular complexity index is 1100. The lowest BCUT2D eigenvalue weighted by molar-refractivity contribution is -0.133. The zero-order chi connectivity index (χ0) is 22.0. The standard InChI is InChI=1S/C26H26Cl2N2O/c1-17-2-4-18(5-3-17)6-7-19-8-9-21-15-30(16-22(21)12-19)26(31)25(29)13-20-10-11-23(27)14-24(20)28/h2-5,8-12,14,25H,6-7,13,15-16,29H2,1H3/t25-/m1/s1. The lowest BCUT2D eigenvalue weighted by Crippen LogP contribution is -2.42. The average molecular weight is 453 g/mol. The average Bonchev–Trinajstić information content (AvgIpc) is 3.18. The summed E-state index contributed by atoms with van der Waals surface area (Å²) in [4.78, 5) is 14.8. The molecule has 5 heteroatoms. The number of hydrogen-bond acceptors (Lipinski definition) is 2. The normalized spacial score (nSPS) is 13.9. The Balaban J connectivity index is 1.37. The SMILES string of the molecule is Cc1ccc(CCc2ccc3c(c2)CN(C(=O)[C@H](N)Cc2ccc(Cl)cc2Cl)C3)cc1. The zero-order valence-corrected chi connectivity index (χ0v) is 19.1. The lowest BCUT2D eigenvalue weighted by Gasteiger charge is -2.20. The van der Waals surface area contributed by atoms with Crippen molar-refractivity contribution in [2.24, 2.45) is 5.73 Å². The summed E-state index contributed by atoms with van der Waals surface area (Å²) < 4.78 is 0. The first kappa shape index (κ1) is 21.9. The van der Waals surface area contributed by atoms with Gasteiger partial charge in [-0.15, -0.1) is 0 Å².